The summed E-state index contributed by atoms with van der Waals surface area (Å²) in [5.41, 5.74) is 1.88. The van der Waals surface area contributed by atoms with Gasteiger partial charge < -0.3 is 5.11 Å². The zero-order valence-electron chi connectivity index (χ0n) is 12.7. The molecule has 1 aromatic heterocycles. The maximum Gasteiger partial charge on any atom is 0.160 e. The molecule has 2 unspecified atom stereocenters. The Hall–Kier alpha value is -0.990. The van der Waals surface area contributed by atoms with Crippen molar-refractivity contribution in [3.05, 3.63) is 11.4 Å². The van der Waals surface area contributed by atoms with Gasteiger partial charge >= 0.3 is 0 Å². The van der Waals surface area contributed by atoms with Crippen LogP contribution in [0.5, 0.6) is 5.75 Å². The molecule has 0 saturated heterocycles. The third kappa shape index (κ3) is 3.06. The van der Waals surface area contributed by atoms with E-state index in [0.717, 1.165) is 30.7 Å². The second kappa shape index (κ2) is 6.26. The number of hydrogen-bond donors (Lipinski definition) is 1. The summed E-state index contributed by atoms with van der Waals surface area (Å²) < 4.78 is 2.04. The van der Waals surface area contributed by atoms with Crippen molar-refractivity contribution in [2.24, 2.45) is 5.92 Å². The van der Waals surface area contributed by atoms with Gasteiger partial charge in [0.1, 0.15) is 5.69 Å². The van der Waals surface area contributed by atoms with Crippen LogP contribution in [-0.2, 0) is 6.42 Å². The minimum atomic E-state index is 0.348. The molecule has 18 heavy (non-hydrogen) atoms. The van der Waals surface area contributed by atoms with E-state index in [4.69, 9.17) is 0 Å². The minimum Gasteiger partial charge on any atom is -0.504 e. The van der Waals surface area contributed by atoms with E-state index in [-0.39, 0.29) is 0 Å². The fourth-order valence-electron chi connectivity index (χ4n) is 2.17. The third-order valence-corrected chi connectivity index (χ3v) is 3.68. The van der Waals surface area contributed by atoms with Gasteiger partial charge in [0.15, 0.2) is 5.75 Å². The Morgan fingerprint density at radius 1 is 1.11 bits per heavy atom. The smallest absolute Gasteiger partial charge is 0.160 e. The summed E-state index contributed by atoms with van der Waals surface area (Å²) in [7, 11) is 0. The maximum absolute atomic E-state index is 10.4. The van der Waals surface area contributed by atoms with E-state index >= 15 is 0 Å². The second-order valence-corrected chi connectivity index (χ2v) is 5.79. The van der Waals surface area contributed by atoms with Crippen molar-refractivity contribution in [3.8, 4) is 5.75 Å². The van der Waals surface area contributed by atoms with Gasteiger partial charge in [0, 0.05) is 12.0 Å². The Kier molecular flexibility index (Phi) is 5.24. The summed E-state index contributed by atoms with van der Waals surface area (Å²) in [4.78, 5) is 0. The summed E-state index contributed by atoms with van der Waals surface area (Å²) in [5, 5.41) is 15.1. The third-order valence-electron chi connectivity index (χ3n) is 3.68. The first kappa shape index (κ1) is 15.1. The van der Waals surface area contributed by atoms with E-state index in [1.54, 1.807) is 0 Å². The number of aromatic hydroxyl groups is 1. The lowest BCUT2D eigenvalue weighted by atomic mass is 10.0. The molecule has 0 amide bonds. The summed E-state index contributed by atoms with van der Waals surface area (Å²) in [6, 6.07) is 0.348. The van der Waals surface area contributed by atoms with Crippen LogP contribution in [-0.4, -0.2) is 14.9 Å². The molecule has 2 atom stereocenters. The Bertz CT molecular complexity index is 382. The van der Waals surface area contributed by atoms with Crippen LogP contribution < -0.4 is 0 Å². The summed E-state index contributed by atoms with van der Waals surface area (Å²) in [5.74, 6) is 1.30. The molecule has 0 fully saturated rings. The fourth-order valence-corrected chi connectivity index (χ4v) is 2.17. The second-order valence-electron chi connectivity index (χ2n) is 5.79. The molecule has 0 aliphatic rings. The van der Waals surface area contributed by atoms with Gasteiger partial charge in [0.2, 0.25) is 0 Å². The number of rotatable bonds is 6. The predicted molar refractivity (Wildman–Crippen MR) is 76.1 cm³/mol. The molecule has 1 aromatic rings. The molecular formula is C15H28N2O. The van der Waals surface area contributed by atoms with Gasteiger partial charge in [-0.25, -0.2) is 0 Å². The van der Waals surface area contributed by atoms with Crippen molar-refractivity contribution >= 4 is 0 Å². The summed E-state index contributed by atoms with van der Waals surface area (Å²) in [6.07, 6.45) is 2.90. The van der Waals surface area contributed by atoms with E-state index in [9.17, 15) is 5.11 Å². The predicted octanol–water partition coefficient (Wildman–Crippen LogP) is 4.27. The first-order valence-corrected chi connectivity index (χ1v) is 7.22. The van der Waals surface area contributed by atoms with Crippen LogP contribution in [0.3, 0.4) is 0 Å². The molecule has 0 bridgehead atoms. The quantitative estimate of drug-likeness (QED) is 0.821. The highest BCUT2D eigenvalue weighted by molar-refractivity contribution is 5.35. The van der Waals surface area contributed by atoms with Gasteiger partial charge in [-0.3, -0.25) is 4.68 Å². The first-order valence-electron chi connectivity index (χ1n) is 7.22. The van der Waals surface area contributed by atoms with E-state index in [1.165, 1.54) is 0 Å². The molecule has 0 radical (unpaired) electrons. The lowest BCUT2D eigenvalue weighted by Crippen LogP contribution is -2.12. The van der Waals surface area contributed by atoms with Gasteiger partial charge in [-0.1, -0.05) is 34.6 Å². The minimum absolute atomic E-state index is 0.348. The molecule has 0 saturated carbocycles. The summed E-state index contributed by atoms with van der Waals surface area (Å²) >= 11 is 0. The normalized spacial score (nSPS) is 15.1. The highest BCUT2D eigenvalue weighted by Crippen LogP contribution is 2.34. The van der Waals surface area contributed by atoms with Crippen LogP contribution >= 0.6 is 0 Å². The number of hydrogen-bond acceptors (Lipinski definition) is 2. The van der Waals surface area contributed by atoms with Crippen molar-refractivity contribution < 1.29 is 5.11 Å². The molecule has 1 N–H and O–H groups in total. The molecule has 0 aliphatic heterocycles. The van der Waals surface area contributed by atoms with E-state index in [2.05, 4.69) is 46.6 Å². The van der Waals surface area contributed by atoms with E-state index < -0.39 is 0 Å². The van der Waals surface area contributed by atoms with Gasteiger partial charge in [-0.15, -0.1) is 0 Å². The van der Waals surface area contributed by atoms with E-state index in [0.29, 0.717) is 23.6 Å². The first-order chi connectivity index (χ1) is 8.42. The standard InChI is InChI=1S/C15H28N2O/c1-7-11(5)14-15(18)13(9-10(3)4)16-17(14)12(6)8-2/h10-12,18H,7-9H2,1-6H3. The van der Waals surface area contributed by atoms with Crippen molar-refractivity contribution in [2.75, 3.05) is 0 Å². The van der Waals surface area contributed by atoms with Gasteiger partial charge in [-0.2, -0.15) is 5.10 Å². The fraction of sp³-hybridized carbons (Fsp3) is 0.800. The monoisotopic (exact) mass is 252 g/mol. The largest absolute Gasteiger partial charge is 0.504 e. The Balaban J connectivity index is 3.22. The van der Waals surface area contributed by atoms with Crippen LogP contribution in [0, 0.1) is 5.92 Å². The Morgan fingerprint density at radius 3 is 2.17 bits per heavy atom. The molecule has 3 nitrogen and oxygen atoms in total. The maximum atomic E-state index is 10.4. The van der Waals surface area contributed by atoms with Crippen LogP contribution in [0.15, 0.2) is 0 Å². The lowest BCUT2D eigenvalue weighted by molar-refractivity contribution is 0.421. The van der Waals surface area contributed by atoms with Crippen LogP contribution in [0.2, 0.25) is 0 Å². The molecule has 1 rings (SSSR count). The summed E-state index contributed by atoms with van der Waals surface area (Å²) in [6.45, 7) is 13.0. The average molecular weight is 252 g/mol. The lowest BCUT2D eigenvalue weighted by Gasteiger charge is -2.17. The Labute approximate surface area is 111 Å². The number of aromatic nitrogens is 2. The van der Waals surface area contributed by atoms with Crippen LogP contribution in [0.1, 0.15) is 77.7 Å². The Morgan fingerprint density at radius 2 is 1.72 bits per heavy atom. The molecule has 0 aliphatic carbocycles. The van der Waals surface area contributed by atoms with Crippen molar-refractivity contribution in [1.29, 1.82) is 0 Å². The van der Waals surface area contributed by atoms with Gasteiger partial charge in [0.25, 0.3) is 0 Å². The van der Waals surface area contributed by atoms with E-state index in [1.807, 2.05) is 4.68 Å². The SMILES string of the molecule is CCC(C)c1c(O)c(CC(C)C)nn1C(C)CC. The van der Waals surface area contributed by atoms with Crippen LogP contribution in [0.4, 0.5) is 0 Å². The van der Waals surface area contributed by atoms with Crippen LogP contribution in [0.25, 0.3) is 0 Å². The molecule has 0 aromatic carbocycles. The molecule has 104 valence electrons. The molecule has 0 spiro atoms. The molecule has 1 heterocycles. The average Bonchev–Trinajstić information content (AvgIpc) is 2.64. The topological polar surface area (TPSA) is 38.1 Å². The zero-order valence-corrected chi connectivity index (χ0v) is 12.7. The zero-order chi connectivity index (χ0) is 13.9. The molecular weight excluding hydrogens is 224 g/mol. The number of nitrogens with zero attached hydrogens (tertiary/aromatic N) is 2. The molecule has 3 heteroatoms. The van der Waals surface area contributed by atoms with Crippen molar-refractivity contribution in [2.45, 2.75) is 72.8 Å². The van der Waals surface area contributed by atoms with Gasteiger partial charge in [0.05, 0.1) is 5.69 Å². The van der Waals surface area contributed by atoms with Gasteiger partial charge in [-0.05, 0) is 32.1 Å². The van der Waals surface area contributed by atoms with Crippen molar-refractivity contribution in [3.63, 3.8) is 0 Å². The van der Waals surface area contributed by atoms with Crippen molar-refractivity contribution in [1.82, 2.24) is 9.78 Å². The highest BCUT2D eigenvalue weighted by Gasteiger charge is 2.23. The highest BCUT2D eigenvalue weighted by atomic mass is 16.3.